The van der Waals surface area contributed by atoms with Crippen LogP contribution in [0, 0.1) is 0 Å². The van der Waals surface area contributed by atoms with Gasteiger partial charge in [0.15, 0.2) is 0 Å². The van der Waals surface area contributed by atoms with E-state index in [4.69, 9.17) is 16.3 Å². The fraction of sp³-hybridized carbons (Fsp3) is 0.103. The van der Waals surface area contributed by atoms with Gasteiger partial charge in [0.1, 0.15) is 0 Å². The zero-order chi connectivity index (χ0) is 25.8. The summed E-state index contributed by atoms with van der Waals surface area (Å²) < 4.78 is 8.76. The summed E-state index contributed by atoms with van der Waals surface area (Å²) in [7, 11) is 0. The standard InChI is InChI=1S/C29H20ClN5O3/c30-23-7-3-6-20(22-14-32-34-10-11-38-16-26(22)34)27(23)17-8-9-21-24(12-17)33-29(37)35(28(21)36)25-15-31-13-18-4-1-2-5-19(18)25/h1-9,12-15H,10-11,16H2,(H,33,37). The number of nitrogens with zero attached hydrogens (tertiary/aromatic N) is 4. The van der Waals surface area contributed by atoms with Gasteiger partial charge in [-0.25, -0.2) is 9.36 Å². The zero-order valence-corrected chi connectivity index (χ0v) is 20.8. The third-order valence-corrected chi connectivity index (χ3v) is 7.33. The van der Waals surface area contributed by atoms with Gasteiger partial charge in [0, 0.05) is 33.1 Å². The van der Waals surface area contributed by atoms with Crippen molar-refractivity contribution in [1.82, 2.24) is 24.3 Å². The van der Waals surface area contributed by atoms with Gasteiger partial charge >= 0.3 is 5.69 Å². The summed E-state index contributed by atoms with van der Waals surface area (Å²) in [5.41, 5.74) is 4.29. The summed E-state index contributed by atoms with van der Waals surface area (Å²) in [5, 5.41) is 7.06. The molecule has 0 radical (unpaired) electrons. The van der Waals surface area contributed by atoms with Crippen LogP contribution in [0.2, 0.25) is 5.02 Å². The van der Waals surface area contributed by atoms with E-state index in [0.29, 0.717) is 41.4 Å². The van der Waals surface area contributed by atoms with Crippen LogP contribution in [0.1, 0.15) is 5.69 Å². The SMILES string of the molecule is O=c1[nH]c2cc(-c3c(Cl)cccc3-c3cnn4c3COCC4)ccc2c(=O)n1-c1cncc2ccccc12. The van der Waals surface area contributed by atoms with Gasteiger partial charge in [-0.05, 0) is 29.3 Å². The van der Waals surface area contributed by atoms with Crippen LogP contribution in [-0.4, -0.2) is 30.9 Å². The number of aromatic nitrogens is 5. The van der Waals surface area contributed by atoms with Gasteiger partial charge in [0.05, 0.1) is 54.4 Å². The monoisotopic (exact) mass is 521 g/mol. The predicted octanol–water partition coefficient (Wildman–Crippen LogP) is 4.94. The molecule has 0 saturated carbocycles. The normalized spacial score (nSPS) is 13.2. The highest BCUT2D eigenvalue weighted by Crippen LogP contribution is 2.40. The molecule has 7 rings (SSSR count). The summed E-state index contributed by atoms with van der Waals surface area (Å²) >= 11 is 6.74. The molecule has 1 aliphatic rings. The maximum Gasteiger partial charge on any atom is 0.333 e. The van der Waals surface area contributed by atoms with Crippen molar-refractivity contribution in [2.75, 3.05) is 6.61 Å². The molecule has 4 heterocycles. The minimum atomic E-state index is -0.542. The van der Waals surface area contributed by atoms with Crippen LogP contribution in [-0.2, 0) is 17.9 Å². The van der Waals surface area contributed by atoms with Crippen LogP contribution in [0.4, 0.5) is 0 Å². The van der Waals surface area contributed by atoms with Crippen LogP contribution in [0.3, 0.4) is 0 Å². The number of nitrogens with one attached hydrogen (secondary N) is 1. The summed E-state index contributed by atoms with van der Waals surface area (Å²) in [6, 6.07) is 18.6. The molecular weight excluding hydrogens is 502 g/mol. The van der Waals surface area contributed by atoms with Crippen molar-refractivity contribution >= 4 is 33.3 Å². The first-order chi connectivity index (χ1) is 18.6. The first-order valence-corrected chi connectivity index (χ1v) is 12.5. The summed E-state index contributed by atoms with van der Waals surface area (Å²) in [4.78, 5) is 34.0. The highest BCUT2D eigenvalue weighted by atomic mass is 35.5. The lowest BCUT2D eigenvalue weighted by Gasteiger charge is -2.17. The molecule has 3 aromatic heterocycles. The van der Waals surface area contributed by atoms with Crippen molar-refractivity contribution in [2.45, 2.75) is 13.2 Å². The second-order valence-corrected chi connectivity index (χ2v) is 9.56. The number of benzene rings is 3. The third-order valence-electron chi connectivity index (χ3n) is 7.01. The zero-order valence-electron chi connectivity index (χ0n) is 20.0. The lowest BCUT2D eigenvalue weighted by Crippen LogP contribution is -2.33. The van der Waals surface area contributed by atoms with Gasteiger partial charge in [-0.3, -0.25) is 14.5 Å². The van der Waals surface area contributed by atoms with E-state index in [1.54, 1.807) is 18.3 Å². The molecule has 6 aromatic rings. The van der Waals surface area contributed by atoms with Crippen LogP contribution in [0.5, 0.6) is 0 Å². The average molecular weight is 522 g/mol. The molecule has 0 saturated heterocycles. The van der Waals surface area contributed by atoms with Crippen LogP contribution < -0.4 is 11.2 Å². The fourth-order valence-electron chi connectivity index (χ4n) is 5.21. The number of rotatable bonds is 3. The van der Waals surface area contributed by atoms with Crippen LogP contribution in [0.15, 0.2) is 88.8 Å². The van der Waals surface area contributed by atoms with E-state index in [2.05, 4.69) is 15.1 Å². The van der Waals surface area contributed by atoms with Crippen molar-refractivity contribution in [2.24, 2.45) is 0 Å². The fourth-order valence-corrected chi connectivity index (χ4v) is 5.50. The number of H-pyrrole nitrogens is 1. The van der Waals surface area contributed by atoms with E-state index in [1.807, 2.05) is 59.4 Å². The Labute approximate surface area is 220 Å². The Morgan fingerprint density at radius 2 is 1.82 bits per heavy atom. The van der Waals surface area contributed by atoms with E-state index in [-0.39, 0.29) is 0 Å². The van der Waals surface area contributed by atoms with Gasteiger partial charge in [0.25, 0.3) is 5.56 Å². The Kier molecular flexibility index (Phi) is 5.24. The molecular formula is C29H20ClN5O3. The molecule has 0 spiro atoms. The van der Waals surface area contributed by atoms with E-state index in [1.165, 1.54) is 6.20 Å². The number of hydrogen-bond acceptors (Lipinski definition) is 5. The largest absolute Gasteiger partial charge is 0.373 e. The minimum absolute atomic E-state index is 0.381. The lowest BCUT2D eigenvalue weighted by molar-refractivity contribution is 0.0804. The van der Waals surface area contributed by atoms with E-state index in [0.717, 1.165) is 43.3 Å². The second kappa shape index (κ2) is 8.79. The van der Waals surface area contributed by atoms with Crippen molar-refractivity contribution in [3.05, 3.63) is 111 Å². The molecule has 1 aliphatic heterocycles. The predicted molar refractivity (Wildman–Crippen MR) is 147 cm³/mol. The van der Waals surface area contributed by atoms with Crippen LogP contribution >= 0.6 is 11.6 Å². The Morgan fingerprint density at radius 1 is 0.921 bits per heavy atom. The molecule has 186 valence electrons. The lowest BCUT2D eigenvalue weighted by atomic mass is 9.94. The second-order valence-electron chi connectivity index (χ2n) is 9.15. The molecule has 0 unspecified atom stereocenters. The van der Waals surface area contributed by atoms with Gasteiger partial charge in [-0.2, -0.15) is 5.10 Å². The van der Waals surface area contributed by atoms with Crippen LogP contribution in [0.25, 0.3) is 49.6 Å². The smallest absolute Gasteiger partial charge is 0.333 e. The van der Waals surface area contributed by atoms with Gasteiger partial charge in [-0.1, -0.05) is 54.1 Å². The highest BCUT2D eigenvalue weighted by molar-refractivity contribution is 6.34. The van der Waals surface area contributed by atoms with Gasteiger partial charge in [0.2, 0.25) is 0 Å². The average Bonchev–Trinajstić information content (AvgIpc) is 3.37. The topological polar surface area (TPSA) is 94.8 Å². The van der Waals surface area contributed by atoms with Crippen molar-refractivity contribution in [3.63, 3.8) is 0 Å². The maximum absolute atomic E-state index is 13.6. The van der Waals surface area contributed by atoms with Crippen molar-refractivity contribution in [3.8, 4) is 27.9 Å². The molecule has 8 nitrogen and oxygen atoms in total. The number of fused-ring (bicyclic) bond motifs is 3. The van der Waals surface area contributed by atoms with E-state index < -0.39 is 11.2 Å². The highest BCUT2D eigenvalue weighted by Gasteiger charge is 2.21. The summed E-state index contributed by atoms with van der Waals surface area (Å²) in [6.07, 6.45) is 5.07. The number of pyridine rings is 1. The molecule has 3 aromatic carbocycles. The molecule has 38 heavy (non-hydrogen) atoms. The number of ether oxygens (including phenoxy) is 1. The number of halogens is 1. The minimum Gasteiger partial charge on any atom is -0.373 e. The molecule has 0 aliphatic carbocycles. The van der Waals surface area contributed by atoms with Gasteiger partial charge < -0.3 is 9.72 Å². The first kappa shape index (κ1) is 22.7. The Balaban J connectivity index is 1.42. The molecule has 1 N–H and O–H groups in total. The van der Waals surface area contributed by atoms with E-state index >= 15 is 0 Å². The molecule has 0 fully saturated rings. The quantitative estimate of drug-likeness (QED) is 0.356. The Bertz CT molecular complexity index is 2000. The van der Waals surface area contributed by atoms with E-state index in [9.17, 15) is 9.59 Å². The number of hydrogen-bond donors (Lipinski definition) is 1. The Hall–Kier alpha value is -4.53. The van der Waals surface area contributed by atoms with Crippen molar-refractivity contribution < 1.29 is 4.74 Å². The maximum atomic E-state index is 13.6. The molecule has 0 bridgehead atoms. The Morgan fingerprint density at radius 3 is 2.74 bits per heavy atom. The summed E-state index contributed by atoms with van der Waals surface area (Å²) in [6.45, 7) is 1.79. The molecule has 0 amide bonds. The first-order valence-electron chi connectivity index (χ1n) is 12.1. The van der Waals surface area contributed by atoms with Gasteiger partial charge in [-0.15, -0.1) is 0 Å². The van der Waals surface area contributed by atoms with Crippen molar-refractivity contribution in [1.29, 1.82) is 0 Å². The third kappa shape index (κ3) is 3.49. The molecule has 9 heteroatoms. The molecule has 0 atom stereocenters. The number of aromatic amines is 1. The summed E-state index contributed by atoms with van der Waals surface area (Å²) in [5.74, 6) is 0.